The Bertz CT molecular complexity index is 1030. The number of rotatable bonds is 5. The quantitative estimate of drug-likeness (QED) is 0.543. The zero-order chi connectivity index (χ0) is 18.6. The van der Waals surface area contributed by atoms with E-state index >= 15 is 0 Å². The Balaban J connectivity index is 1.43. The third-order valence-electron chi connectivity index (χ3n) is 4.16. The van der Waals surface area contributed by atoms with Crippen LogP contribution in [0.4, 0.5) is 11.5 Å². The molecule has 1 amide bonds. The highest BCUT2D eigenvalue weighted by Crippen LogP contribution is 2.25. The number of anilines is 2. The smallest absolute Gasteiger partial charge is 0.276 e. The molecule has 0 bridgehead atoms. The van der Waals surface area contributed by atoms with Gasteiger partial charge >= 0.3 is 0 Å². The summed E-state index contributed by atoms with van der Waals surface area (Å²) in [6.07, 6.45) is 0. The summed E-state index contributed by atoms with van der Waals surface area (Å²) in [6.45, 7) is 1.98. The molecule has 1 atom stereocenters. The van der Waals surface area contributed by atoms with Gasteiger partial charge in [-0.1, -0.05) is 36.4 Å². The van der Waals surface area contributed by atoms with Crippen molar-refractivity contribution in [2.75, 3.05) is 10.6 Å². The molecule has 0 aliphatic rings. The first kappa shape index (κ1) is 16.8. The molecule has 2 aromatic heterocycles. The van der Waals surface area contributed by atoms with Crippen molar-refractivity contribution < 1.29 is 9.21 Å². The predicted molar refractivity (Wildman–Crippen MR) is 105 cm³/mol. The van der Waals surface area contributed by atoms with Crippen molar-refractivity contribution in [2.45, 2.75) is 13.0 Å². The Hall–Kier alpha value is -3.67. The normalized spacial score (nSPS) is 11.9. The monoisotopic (exact) mass is 358 g/mol. The van der Waals surface area contributed by atoms with Crippen LogP contribution in [0.15, 0.2) is 77.2 Å². The first-order valence-corrected chi connectivity index (χ1v) is 8.64. The van der Waals surface area contributed by atoms with Crippen LogP contribution >= 0.6 is 0 Å². The maximum atomic E-state index is 12.2. The SMILES string of the molecule is CC(Nc1ccc(C(=O)Nc2ccccc2)nn1)c1cc2ccccc2o1. The Labute approximate surface area is 156 Å². The summed E-state index contributed by atoms with van der Waals surface area (Å²) in [5.74, 6) is 1.08. The van der Waals surface area contributed by atoms with E-state index in [0.29, 0.717) is 11.5 Å². The molecule has 6 nitrogen and oxygen atoms in total. The number of para-hydroxylation sites is 2. The van der Waals surface area contributed by atoms with Gasteiger partial charge in [0.2, 0.25) is 0 Å². The van der Waals surface area contributed by atoms with Gasteiger partial charge in [0.25, 0.3) is 5.91 Å². The van der Waals surface area contributed by atoms with E-state index in [1.807, 2.05) is 67.6 Å². The lowest BCUT2D eigenvalue weighted by atomic mass is 10.2. The van der Waals surface area contributed by atoms with Crippen LogP contribution < -0.4 is 10.6 Å². The third-order valence-corrected chi connectivity index (χ3v) is 4.16. The first-order chi connectivity index (χ1) is 13.2. The molecule has 6 heteroatoms. The van der Waals surface area contributed by atoms with Gasteiger partial charge < -0.3 is 15.1 Å². The lowest BCUT2D eigenvalue weighted by molar-refractivity contribution is 0.102. The fraction of sp³-hybridized carbons (Fsp3) is 0.0952. The van der Waals surface area contributed by atoms with E-state index in [-0.39, 0.29) is 17.6 Å². The fourth-order valence-electron chi connectivity index (χ4n) is 2.76. The van der Waals surface area contributed by atoms with Gasteiger partial charge in [0.15, 0.2) is 5.69 Å². The van der Waals surface area contributed by atoms with Crippen molar-refractivity contribution in [3.05, 3.63) is 84.3 Å². The molecule has 0 radical (unpaired) electrons. The molecule has 1 unspecified atom stereocenters. The van der Waals surface area contributed by atoms with Gasteiger partial charge in [-0.05, 0) is 43.3 Å². The Morgan fingerprint density at radius 3 is 2.48 bits per heavy atom. The second-order valence-electron chi connectivity index (χ2n) is 6.18. The summed E-state index contributed by atoms with van der Waals surface area (Å²) in [7, 11) is 0. The molecule has 134 valence electrons. The number of nitrogens with one attached hydrogen (secondary N) is 2. The highest BCUT2D eigenvalue weighted by molar-refractivity contribution is 6.02. The van der Waals surface area contributed by atoms with Crippen molar-refractivity contribution in [1.29, 1.82) is 0 Å². The molecule has 4 rings (SSSR count). The zero-order valence-corrected chi connectivity index (χ0v) is 14.7. The first-order valence-electron chi connectivity index (χ1n) is 8.64. The second-order valence-corrected chi connectivity index (χ2v) is 6.18. The lowest BCUT2D eigenvalue weighted by Crippen LogP contribution is -2.15. The molecule has 0 saturated heterocycles. The number of nitrogens with zero attached hydrogens (tertiary/aromatic N) is 2. The number of aromatic nitrogens is 2. The number of fused-ring (bicyclic) bond motifs is 1. The molecule has 0 spiro atoms. The number of amides is 1. The van der Waals surface area contributed by atoms with E-state index in [1.165, 1.54) is 0 Å². The van der Waals surface area contributed by atoms with Gasteiger partial charge in [-0.2, -0.15) is 0 Å². The molecule has 0 fully saturated rings. The summed E-state index contributed by atoms with van der Waals surface area (Å²) in [5.41, 5.74) is 1.81. The molecule has 27 heavy (non-hydrogen) atoms. The second kappa shape index (κ2) is 7.29. The minimum Gasteiger partial charge on any atom is -0.459 e. The number of carbonyl (C=O) groups is 1. The van der Waals surface area contributed by atoms with Gasteiger partial charge in [-0.25, -0.2) is 0 Å². The summed E-state index contributed by atoms with van der Waals surface area (Å²) in [4.78, 5) is 12.2. The maximum absolute atomic E-state index is 12.2. The number of benzene rings is 2. The van der Waals surface area contributed by atoms with Crippen LogP contribution in [0.2, 0.25) is 0 Å². The molecule has 4 aromatic rings. The minimum absolute atomic E-state index is 0.0873. The standard InChI is InChI=1S/C21H18N4O2/c1-14(19-13-15-7-5-6-10-18(15)27-19)22-20-12-11-17(24-25-20)21(26)23-16-8-3-2-4-9-16/h2-14H,1H3,(H,22,25)(H,23,26). The van der Waals surface area contributed by atoms with Crippen LogP contribution in [-0.4, -0.2) is 16.1 Å². The average Bonchev–Trinajstić information content (AvgIpc) is 3.14. The van der Waals surface area contributed by atoms with Gasteiger partial charge in [-0.3, -0.25) is 4.79 Å². The van der Waals surface area contributed by atoms with Crippen LogP contribution in [0, 0.1) is 0 Å². The number of carbonyl (C=O) groups excluding carboxylic acids is 1. The van der Waals surface area contributed by atoms with Crippen molar-refractivity contribution in [2.24, 2.45) is 0 Å². The highest BCUT2D eigenvalue weighted by atomic mass is 16.3. The molecule has 2 aromatic carbocycles. The third kappa shape index (κ3) is 3.79. The predicted octanol–water partition coefficient (Wildman–Crippen LogP) is 4.65. The van der Waals surface area contributed by atoms with Gasteiger partial charge in [0, 0.05) is 11.1 Å². The van der Waals surface area contributed by atoms with E-state index in [2.05, 4.69) is 20.8 Å². The van der Waals surface area contributed by atoms with Gasteiger partial charge in [-0.15, -0.1) is 10.2 Å². The average molecular weight is 358 g/mol. The molecular formula is C21H18N4O2. The minimum atomic E-state index is -0.300. The Morgan fingerprint density at radius 1 is 0.963 bits per heavy atom. The number of hydrogen-bond acceptors (Lipinski definition) is 5. The Morgan fingerprint density at radius 2 is 1.74 bits per heavy atom. The van der Waals surface area contributed by atoms with Crippen LogP contribution in [0.5, 0.6) is 0 Å². The topological polar surface area (TPSA) is 80.0 Å². The van der Waals surface area contributed by atoms with Crippen molar-refractivity contribution >= 4 is 28.4 Å². The summed E-state index contributed by atoms with van der Waals surface area (Å²) in [5, 5.41) is 15.2. The van der Waals surface area contributed by atoms with E-state index < -0.39 is 0 Å². The van der Waals surface area contributed by atoms with E-state index in [4.69, 9.17) is 4.42 Å². The molecule has 0 aliphatic heterocycles. The van der Waals surface area contributed by atoms with Crippen molar-refractivity contribution in [1.82, 2.24) is 10.2 Å². The summed E-state index contributed by atoms with van der Waals surface area (Å²) in [6, 6.07) is 22.4. The molecule has 0 aliphatic carbocycles. The van der Waals surface area contributed by atoms with Gasteiger partial charge in [0.1, 0.15) is 17.2 Å². The highest BCUT2D eigenvalue weighted by Gasteiger charge is 2.13. The van der Waals surface area contributed by atoms with E-state index in [1.54, 1.807) is 12.1 Å². The summed E-state index contributed by atoms with van der Waals surface area (Å²) < 4.78 is 5.86. The van der Waals surface area contributed by atoms with Crippen LogP contribution in [0.1, 0.15) is 29.2 Å². The lowest BCUT2D eigenvalue weighted by Gasteiger charge is -2.11. The summed E-state index contributed by atoms with van der Waals surface area (Å²) >= 11 is 0. The largest absolute Gasteiger partial charge is 0.459 e. The molecule has 0 saturated carbocycles. The van der Waals surface area contributed by atoms with Crippen LogP contribution in [0.3, 0.4) is 0 Å². The molecule has 2 N–H and O–H groups in total. The maximum Gasteiger partial charge on any atom is 0.276 e. The van der Waals surface area contributed by atoms with Crippen LogP contribution in [0.25, 0.3) is 11.0 Å². The van der Waals surface area contributed by atoms with Crippen molar-refractivity contribution in [3.63, 3.8) is 0 Å². The molecular weight excluding hydrogens is 340 g/mol. The Kier molecular flexibility index (Phi) is 4.53. The van der Waals surface area contributed by atoms with Crippen molar-refractivity contribution in [3.8, 4) is 0 Å². The fourth-order valence-corrected chi connectivity index (χ4v) is 2.76. The van der Waals surface area contributed by atoms with E-state index in [0.717, 1.165) is 16.7 Å². The van der Waals surface area contributed by atoms with Crippen LogP contribution in [-0.2, 0) is 0 Å². The van der Waals surface area contributed by atoms with E-state index in [9.17, 15) is 4.79 Å². The number of hydrogen-bond donors (Lipinski definition) is 2. The molecule has 2 heterocycles. The number of furan rings is 1. The van der Waals surface area contributed by atoms with Gasteiger partial charge in [0.05, 0.1) is 6.04 Å². The zero-order valence-electron chi connectivity index (χ0n) is 14.7.